The van der Waals surface area contributed by atoms with Crippen LogP contribution in [-0.2, 0) is 22.6 Å². The van der Waals surface area contributed by atoms with Crippen molar-refractivity contribution < 1.29 is 9.53 Å². The molecular formula is C25H29ClN4O4. The number of methoxy groups -OCH3 is 1. The van der Waals surface area contributed by atoms with E-state index in [9.17, 15) is 14.4 Å². The number of ether oxygens (including phenoxy) is 1. The summed E-state index contributed by atoms with van der Waals surface area (Å²) in [5, 5.41) is 3.65. The van der Waals surface area contributed by atoms with Gasteiger partial charge >= 0.3 is 17.3 Å². The molecule has 8 nitrogen and oxygen atoms in total. The largest absolute Gasteiger partial charge is 0.469 e. The maximum atomic E-state index is 13.4. The maximum Gasteiger partial charge on any atom is 0.354 e. The molecule has 1 unspecified atom stereocenters. The van der Waals surface area contributed by atoms with Gasteiger partial charge in [0.05, 0.1) is 19.6 Å². The minimum atomic E-state index is -0.756. The van der Waals surface area contributed by atoms with Crippen LogP contribution in [0.4, 0.5) is 11.6 Å². The number of esters is 1. The molecule has 0 fully saturated rings. The topological polar surface area (TPSA) is 95.2 Å². The van der Waals surface area contributed by atoms with Gasteiger partial charge in [0.15, 0.2) is 0 Å². The molecule has 3 aromatic rings. The van der Waals surface area contributed by atoms with Crippen molar-refractivity contribution in [3.8, 4) is 0 Å². The van der Waals surface area contributed by atoms with Gasteiger partial charge in [0.2, 0.25) is 5.95 Å². The molecule has 9 heteroatoms. The molecule has 0 spiro atoms. The first kappa shape index (κ1) is 25.2. The molecule has 3 rings (SSSR count). The predicted molar refractivity (Wildman–Crippen MR) is 133 cm³/mol. The van der Waals surface area contributed by atoms with E-state index in [4.69, 9.17) is 16.3 Å². The number of aromatic nitrogens is 3. The highest BCUT2D eigenvalue weighted by Gasteiger charge is 2.20. The summed E-state index contributed by atoms with van der Waals surface area (Å²) in [7, 11) is 1.26. The second kappa shape index (κ2) is 10.7. The molecule has 0 radical (unpaired) electrons. The Morgan fingerprint density at radius 3 is 2.35 bits per heavy atom. The number of anilines is 2. The van der Waals surface area contributed by atoms with Crippen LogP contribution in [-0.4, -0.2) is 27.2 Å². The van der Waals surface area contributed by atoms with Gasteiger partial charge in [-0.2, -0.15) is 4.98 Å². The molecule has 0 aliphatic heterocycles. The molecule has 1 heterocycles. The molecule has 0 saturated heterocycles. The molecule has 0 amide bonds. The number of hydrogen-bond donors (Lipinski definition) is 1. The van der Waals surface area contributed by atoms with Gasteiger partial charge in [0.25, 0.3) is 0 Å². The van der Waals surface area contributed by atoms with Gasteiger partial charge in [-0.3, -0.25) is 9.36 Å². The lowest BCUT2D eigenvalue weighted by molar-refractivity contribution is -0.145. The Morgan fingerprint density at radius 2 is 1.76 bits per heavy atom. The van der Waals surface area contributed by atoms with E-state index >= 15 is 0 Å². The van der Waals surface area contributed by atoms with Gasteiger partial charge in [-0.25, -0.2) is 14.2 Å². The predicted octanol–water partition coefficient (Wildman–Crippen LogP) is 4.09. The second-order valence-electron chi connectivity index (χ2n) is 8.62. The van der Waals surface area contributed by atoms with Gasteiger partial charge in [0, 0.05) is 17.3 Å². The lowest BCUT2D eigenvalue weighted by Gasteiger charge is -2.18. The highest BCUT2D eigenvalue weighted by molar-refractivity contribution is 6.31. The van der Waals surface area contributed by atoms with Crippen LogP contribution in [0.1, 0.15) is 43.4 Å². The van der Waals surface area contributed by atoms with E-state index in [1.54, 1.807) is 13.0 Å². The van der Waals surface area contributed by atoms with Crippen LogP contribution in [0.3, 0.4) is 0 Å². The summed E-state index contributed by atoms with van der Waals surface area (Å²) in [4.78, 5) is 42.2. The molecule has 0 saturated carbocycles. The number of carbonyl (C=O) groups is 1. The Balaban J connectivity index is 2.07. The van der Waals surface area contributed by atoms with Crippen LogP contribution in [0.5, 0.6) is 0 Å². The van der Waals surface area contributed by atoms with Gasteiger partial charge in [-0.1, -0.05) is 68.3 Å². The Hall–Kier alpha value is -3.39. The van der Waals surface area contributed by atoms with Crippen LogP contribution >= 0.6 is 11.6 Å². The van der Waals surface area contributed by atoms with Crippen molar-refractivity contribution in [1.82, 2.24) is 14.1 Å². The Bertz CT molecular complexity index is 1300. The van der Waals surface area contributed by atoms with Gasteiger partial charge in [-0.15, -0.1) is 0 Å². The van der Waals surface area contributed by atoms with E-state index in [-0.39, 0.29) is 25.0 Å². The normalized spacial score (nSPS) is 12.0. The van der Waals surface area contributed by atoms with Crippen molar-refractivity contribution in [2.75, 3.05) is 12.4 Å². The molecule has 1 aromatic heterocycles. The summed E-state index contributed by atoms with van der Waals surface area (Å²) in [6.45, 7) is 7.70. The van der Waals surface area contributed by atoms with Crippen LogP contribution in [0.15, 0.2) is 52.1 Å². The first-order valence-electron chi connectivity index (χ1n) is 11.0. The number of nitrogens with one attached hydrogen (secondary N) is 1. The maximum absolute atomic E-state index is 13.4. The van der Waals surface area contributed by atoms with Crippen molar-refractivity contribution in [3.63, 3.8) is 0 Å². The van der Waals surface area contributed by atoms with Crippen molar-refractivity contribution in [2.45, 2.75) is 46.7 Å². The highest BCUT2D eigenvalue weighted by atomic mass is 35.5. The molecular weight excluding hydrogens is 456 g/mol. The average molecular weight is 485 g/mol. The first-order chi connectivity index (χ1) is 16.1. The zero-order chi connectivity index (χ0) is 25.0. The minimum absolute atomic E-state index is 0.0888. The lowest BCUT2D eigenvalue weighted by Crippen LogP contribution is -2.44. The molecule has 0 aliphatic rings. The highest BCUT2D eigenvalue weighted by Crippen LogP contribution is 2.28. The van der Waals surface area contributed by atoms with Crippen molar-refractivity contribution in [3.05, 3.63) is 85.1 Å². The number of hydrogen-bond acceptors (Lipinski definition) is 6. The zero-order valence-electron chi connectivity index (χ0n) is 20.0. The van der Waals surface area contributed by atoms with Crippen LogP contribution in [0.25, 0.3) is 0 Å². The van der Waals surface area contributed by atoms with Gasteiger partial charge < -0.3 is 10.1 Å². The van der Waals surface area contributed by atoms with E-state index in [0.29, 0.717) is 10.7 Å². The third-order valence-electron chi connectivity index (χ3n) is 5.55. The lowest BCUT2D eigenvalue weighted by atomic mass is 10.0. The van der Waals surface area contributed by atoms with E-state index < -0.39 is 23.3 Å². The molecule has 2 aromatic carbocycles. The van der Waals surface area contributed by atoms with Crippen molar-refractivity contribution >= 4 is 29.2 Å². The van der Waals surface area contributed by atoms with E-state index in [2.05, 4.69) is 10.3 Å². The number of aryl methyl sites for hydroxylation is 1. The van der Waals surface area contributed by atoms with Gasteiger partial charge in [-0.05, 0) is 36.1 Å². The number of benzene rings is 2. The summed E-state index contributed by atoms with van der Waals surface area (Å²) in [5.41, 5.74) is 2.20. The van der Waals surface area contributed by atoms with E-state index in [0.717, 1.165) is 21.3 Å². The zero-order valence-corrected chi connectivity index (χ0v) is 20.7. The fraction of sp³-hybridized carbons (Fsp3) is 0.360. The molecule has 1 N–H and O–H groups in total. The SMILES string of the molecule is COC(=O)C(C)Cn1c(=O)nc(Nc2ccc(C(C)C)c(Cl)c2)n(Cc2ccc(C)cc2)c1=O. The van der Waals surface area contributed by atoms with Crippen molar-refractivity contribution in [2.24, 2.45) is 5.92 Å². The monoisotopic (exact) mass is 484 g/mol. The molecule has 180 valence electrons. The fourth-order valence-corrected chi connectivity index (χ4v) is 3.95. The standard InChI is InChI=1S/C25H29ClN4O4/c1-15(2)20-11-10-19(12-21(20)26)27-23-28-24(32)30(13-17(4)22(31)34-5)25(33)29(23)14-18-8-6-16(3)7-9-18/h6-12,15,17H,13-14H2,1-5H3,(H,27,28,32). The Kier molecular flexibility index (Phi) is 7.94. The Morgan fingerprint density at radius 1 is 1.09 bits per heavy atom. The quantitative estimate of drug-likeness (QED) is 0.484. The van der Waals surface area contributed by atoms with Crippen molar-refractivity contribution in [1.29, 1.82) is 0 Å². The number of carbonyl (C=O) groups excluding carboxylic acids is 1. The molecule has 1 atom stereocenters. The number of halogens is 1. The van der Waals surface area contributed by atoms with E-state index in [1.165, 1.54) is 11.7 Å². The van der Waals surface area contributed by atoms with E-state index in [1.807, 2.05) is 57.2 Å². The third-order valence-corrected chi connectivity index (χ3v) is 5.88. The van der Waals surface area contributed by atoms with Crippen LogP contribution < -0.4 is 16.7 Å². The molecule has 34 heavy (non-hydrogen) atoms. The third kappa shape index (κ3) is 5.75. The van der Waals surface area contributed by atoms with Gasteiger partial charge in [0.1, 0.15) is 0 Å². The minimum Gasteiger partial charge on any atom is -0.469 e. The molecule has 0 bridgehead atoms. The summed E-state index contributed by atoms with van der Waals surface area (Å²) in [6, 6.07) is 13.2. The average Bonchev–Trinajstić information content (AvgIpc) is 2.79. The Labute approximate surface area is 203 Å². The summed E-state index contributed by atoms with van der Waals surface area (Å²) in [6.07, 6.45) is 0. The first-order valence-corrected chi connectivity index (χ1v) is 11.4. The van der Waals surface area contributed by atoms with Crippen LogP contribution in [0.2, 0.25) is 5.02 Å². The number of rotatable bonds is 8. The summed E-state index contributed by atoms with van der Waals surface area (Å²) < 4.78 is 7.06. The summed E-state index contributed by atoms with van der Waals surface area (Å²) in [5.74, 6) is -0.865. The molecule has 0 aliphatic carbocycles. The van der Waals surface area contributed by atoms with Crippen LogP contribution in [0, 0.1) is 12.8 Å². The smallest absolute Gasteiger partial charge is 0.354 e. The second-order valence-corrected chi connectivity index (χ2v) is 9.03. The number of nitrogens with zero attached hydrogens (tertiary/aromatic N) is 3. The summed E-state index contributed by atoms with van der Waals surface area (Å²) >= 11 is 6.42. The fourth-order valence-electron chi connectivity index (χ4n) is 3.55.